The van der Waals surface area contributed by atoms with Crippen molar-refractivity contribution >= 4 is 0 Å². The van der Waals surface area contributed by atoms with E-state index in [1.165, 1.54) is 12.8 Å². The van der Waals surface area contributed by atoms with Crippen molar-refractivity contribution in [1.29, 1.82) is 0 Å². The Morgan fingerprint density at radius 2 is 1.86 bits per heavy atom. The number of phenols is 1. The second kappa shape index (κ2) is 6.87. The minimum absolute atomic E-state index is 0.0752. The molecule has 2 bridgehead atoms. The van der Waals surface area contributed by atoms with Crippen LogP contribution in [-0.4, -0.2) is 43.7 Å². The van der Waals surface area contributed by atoms with Crippen LogP contribution in [0.25, 0.3) is 22.7 Å². The van der Waals surface area contributed by atoms with E-state index in [4.69, 9.17) is 9.15 Å². The average molecular weight is 379 g/mol. The molecule has 4 heterocycles. The van der Waals surface area contributed by atoms with Crippen LogP contribution in [0.4, 0.5) is 0 Å². The quantitative estimate of drug-likeness (QED) is 0.713. The van der Waals surface area contributed by atoms with Crippen LogP contribution in [0.2, 0.25) is 0 Å². The maximum Gasteiger partial charge on any atom is 0.247 e. The number of aryl methyl sites for hydroxylation is 1. The third kappa shape index (κ3) is 3.31. The first kappa shape index (κ1) is 17.1. The van der Waals surface area contributed by atoms with Crippen molar-refractivity contribution in [3.05, 3.63) is 36.2 Å². The highest BCUT2D eigenvalue weighted by Gasteiger charge is 2.34. The second-order valence-corrected chi connectivity index (χ2v) is 7.46. The van der Waals surface area contributed by atoms with Crippen LogP contribution in [0, 0.1) is 6.92 Å². The summed E-state index contributed by atoms with van der Waals surface area (Å²) < 4.78 is 11.4. The largest absolute Gasteiger partial charge is 0.507 e. The van der Waals surface area contributed by atoms with Crippen molar-refractivity contribution in [2.24, 2.45) is 0 Å². The maximum absolute atomic E-state index is 10.4. The highest BCUT2D eigenvalue weighted by atomic mass is 16.5. The number of aromatic nitrogens is 4. The molecule has 8 heteroatoms. The summed E-state index contributed by atoms with van der Waals surface area (Å²) in [5.74, 6) is 1.44. The molecule has 0 saturated carbocycles. The van der Waals surface area contributed by atoms with Crippen LogP contribution in [-0.2, 0) is 0 Å². The predicted octanol–water partition coefficient (Wildman–Crippen LogP) is 2.87. The minimum atomic E-state index is 0.0752. The van der Waals surface area contributed by atoms with E-state index in [0.717, 1.165) is 12.8 Å². The van der Waals surface area contributed by atoms with Crippen LogP contribution >= 0.6 is 0 Å². The molecule has 0 spiro atoms. The van der Waals surface area contributed by atoms with Crippen LogP contribution < -0.4 is 10.1 Å². The second-order valence-electron chi connectivity index (χ2n) is 7.46. The van der Waals surface area contributed by atoms with E-state index in [0.29, 0.717) is 46.6 Å². The first-order chi connectivity index (χ1) is 13.6. The predicted molar refractivity (Wildman–Crippen MR) is 101 cm³/mol. The van der Waals surface area contributed by atoms with E-state index in [1.54, 1.807) is 31.2 Å². The van der Waals surface area contributed by atoms with E-state index >= 15 is 0 Å². The summed E-state index contributed by atoms with van der Waals surface area (Å²) in [7, 11) is 0. The molecule has 3 aromatic rings. The highest BCUT2D eigenvalue weighted by molar-refractivity contribution is 5.71. The summed E-state index contributed by atoms with van der Waals surface area (Å²) in [6, 6.07) is 9.89. The van der Waals surface area contributed by atoms with Gasteiger partial charge >= 0.3 is 0 Å². The number of nitrogens with one attached hydrogen (secondary N) is 1. The molecular weight excluding hydrogens is 358 g/mol. The summed E-state index contributed by atoms with van der Waals surface area (Å²) in [5.41, 5.74) is 1.80. The molecule has 1 unspecified atom stereocenters. The molecule has 0 aliphatic carbocycles. The zero-order chi connectivity index (χ0) is 19.1. The number of hydrogen-bond acceptors (Lipinski definition) is 8. The van der Waals surface area contributed by atoms with Gasteiger partial charge in [-0.25, -0.2) is 0 Å². The number of hydrogen-bond donors (Lipinski definition) is 2. The van der Waals surface area contributed by atoms with Gasteiger partial charge in [0, 0.05) is 36.2 Å². The van der Waals surface area contributed by atoms with Gasteiger partial charge in [-0.05, 0) is 49.9 Å². The van der Waals surface area contributed by atoms with Crippen molar-refractivity contribution in [1.82, 2.24) is 25.7 Å². The van der Waals surface area contributed by atoms with E-state index < -0.39 is 0 Å². The first-order valence-corrected chi connectivity index (χ1v) is 9.54. The number of piperidine rings is 1. The van der Waals surface area contributed by atoms with Gasteiger partial charge in [-0.2, -0.15) is 0 Å². The molecule has 144 valence electrons. The Balaban J connectivity index is 1.31. The number of ether oxygens (including phenoxy) is 1. The fourth-order valence-corrected chi connectivity index (χ4v) is 4.09. The van der Waals surface area contributed by atoms with Crippen molar-refractivity contribution in [3.63, 3.8) is 0 Å². The van der Waals surface area contributed by atoms with Crippen LogP contribution in [0.1, 0.15) is 31.6 Å². The maximum atomic E-state index is 10.4. The van der Waals surface area contributed by atoms with Gasteiger partial charge in [-0.3, -0.25) is 0 Å². The van der Waals surface area contributed by atoms with E-state index in [9.17, 15) is 5.11 Å². The molecule has 2 saturated heterocycles. The smallest absolute Gasteiger partial charge is 0.247 e. The minimum Gasteiger partial charge on any atom is -0.507 e. The summed E-state index contributed by atoms with van der Waals surface area (Å²) in [6.07, 6.45) is 4.67. The lowest BCUT2D eigenvalue weighted by Crippen LogP contribution is -2.42. The van der Waals surface area contributed by atoms with Crippen LogP contribution in [0.15, 0.2) is 34.7 Å². The Morgan fingerprint density at radius 3 is 2.50 bits per heavy atom. The summed E-state index contributed by atoms with van der Waals surface area (Å²) in [5, 5.41) is 30.2. The lowest BCUT2D eigenvalue weighted by molar-refractivity contribution is 0.130. The lowest BCUT2D eigenvalue weighted by Gasteiger charge is -2.28. The molecule has 2 N–H and O–H groups in total. The Labute approximate surface area is 162 Å². The standard InChI is InChI=1S/C20H21N5O3/c1-11-22-25-20(27-11)12-2-5-16(18(26)8-12)17-6-7-19(24-23-17)28-15-9-13-3-4-14(10-15)21-13/h2,5-8,13-15,21,26H,3-4,9-10H2,1H3/t13-,14+,15?. The monoisotopic (exact) mass is 379 g/mol. The summed E-state index contributed by atoms with van der Waals surface area (Å²) in [4.78, 5) is 0. The molecule has 2 fully saturated rings. The van der Waals surface area contributed by atoms with Gasteiger partial charge in [0.05, 0.1) is 5.69 Å². The molecule has 1 aromatic carbocycles. The zero-order valence-corrected chi connectivity index (χ0v) is 15.5. The summed E-state index contributed by atoms with van der Waals surface area (Å²) in [6.45, 7) is 1.72. The Hall–Kier alpha value is -3.00. The number of benzene rings is 1. The first-order valence-electron chi connectivity index (χ1n) is 9.54. The number of aromatic hydroxyl groups is 1. The number of phenolic OH excluding ortho intramolecular Hbond substituents is 1. The molecule has 0 radical (unpaired) electrons. The third-order valence-electron chi connectivity index (χ3n) is 5.40. The molecule has 28 heavy (non-hydrogen) atoms. The Morgan fingerprint density at radius 1 is 1.04 bits per heavy atom. The van der Waals surface area contributed by atoms with Gasteiger partial charge in [0.1, 0.15) is 11.9 Å². The lowest BCUT2D eigenvalue weighted by atomic mass is 10.0. The molecule has 3 atom stereocenters. The molecule has 2 aliphatic heterocycles. The number of nitrogens with zero attached hydrogens (tertiary/aromatic N) is 4. The van der Waals surface area contributed by atoms with E-state index in [1.807, 2.05) is 6.07 Å². The third-order valence-corrected chi connectivity index (χ3v) is 5.40. The fourth-order valence-electron chi connectivity index (χ4n) is 4.09. The molecule has 2 aliphatic rings. The number of fused-ring (bicyclic) bond motifs is 2. The molecular formula is C20H21N5O3. The zero-order valence-electron chi connectivity index (χ0n) is 15.5. The fraction of sp³-hybridized carbons (Fsp3) is 0.400. The molecule has 8 nitrogen and oxygen atoms in total. The normalized spacial score (nSPS) is 23.7. The highest BCUT2D eigenvalue weighted by Crippen LogP contribution is 2.33. The van der Waals surface area contributed by atoms with Crippen molar-refractivity contribution in [2.75, 3.05) is 0 Å². The summed E-state index contributed by atoms with van der Waals surface area (Å²) >= 11 is 0. The van der Waals surface area contributed by atoms with Gasteiger partial charge in [0.2, 0.25) is 17.7 Å². The Kier molecular flexibility index (Phi) is 4.20. The van der Waals surface area contributed by atoms with Gasteiger partial charge in [0.15, 0.2) is 0 Å². The van der Waals surface area contributed by atoms with Gasteiger partial charge in [-0.1, -0.05) is 0 Å². The van der Waals surface area contributed by atoms with Crippen molar-refractivity contribution in [3.8, 4) is 34.3 Å². The van der Waals surface area contributed by atoms with E-state index in [2.05, 4.69) is 25.7 Å². The van der Waals surface area contributed by atoms with E-state index in [-0.39, 0.29) is 11.9 Å². The van der Waals surface area contributed by atoms with Crippen molar-refractivity contribution in [2.45, 2.75) is 50.8 Å². The van der Waals surface area contributed by atoms with Gasteiger partial charge < -0.3 is 19.6 Å². The average Bonchev–Trinajstić information content (AvgIpc) is 3.27. The van der Waals surface area contributed by atoms with Gasteiger partial charge in [0.25, 0.3) is 0 Å². The van der Waals surface area contributed by atoms with Crippen LogP contribution in [0.3, 0.4) is 0 Å². The number of rotatable bonds is 4. The molecule has 0 amide bonds. The van der Waals surface area contributed by atoms with Gasteiger partial charge in [-0.15, -0.1) is 20.4 Å². The van der Waals surface area contributed by atoms with Crippen LogP contribution in [0.5, 0.6) is 11.6 Å². The molecule has 2 aromatic heterocycles. The topological polar surface area (TPSA) is 106 Å². The van der Waals surface area contributed by atoms with Crippen molar-refractivity contribution < 1.29 is 14.3 Å². The molecule has 5 rings (SSSR count). The Bertz CT molecular complexity index is 976. The SMILES string of the molecule is Cc1nnc(-c2ccc(-c3ccc(OC4C[C@H]5CC[C@@H](C4)N5)nn3)c(O)c2)o1.